The first-order chi connectivity index (χ1) is 13.3. The minimum Gasteiger partial charge on any atom is -0.423 e. The third-order valence-electron chi connectivity index (χ3n) is 4.71. The van der Waals surface area contributed by atoms with Gasteiger partial charge in [-0.2, -0.15) is 0 Å². The Morgan fingerprint density at radius 1 is 0.679 bits per heavy atom. The summed E-state index contributed by atoms with van der Waals surface area (Å²) in [4.78, 5) is 17.9. The summed E-state index contributed by atoms with van der Waals surface area (Å²) in [7, 11) is 0. The predicted octanol–water partition coefficient (Wildman–Crippen LogP) is 6.34. The second kappa shape index (κ2) is 7.41. The number of fused-ring (bicyclic) bond motifs is 3. The zero-order valence-corrected chi connectivity index (χ0v) is 16.5. The molecule has 4 heteroatoms. The van der Waals surface area contributed by atoms with Crippen LogP contribution in [0, 0.1) is 0 Å². The van der Waals surface area contributed by atoms with Crippen molar-refractivity contribution in [1.82, 2.24) is 4.98 Å². The normalized spacial score (nSPS) is 10.7. The summed E-state index contributed by atoms with van der Waals surface area (Å²) < 4.78 is 5.66. The molecule has 28 heavy (non-hydrogen) atoms. The molecule has 1 heterocycles. The first kappa shape index (κ1) is 18.1. The third-order valence-corrected chi connectivity index (χ3v) is 4.71. The Hall–Kier alpha value is -3.24. The maximum absolute atomic E-state index is 13.1. The van der Waals surface area contributed by atoms with Crippen molar-refractivity contribution in [2.24, 2.45) is 0 Å². The van der Waals surface area contributed by atoms with Crippen molar-refractivity contribution >= 4 is 55.5 Å². The van der Waals surface area contributed by atoms with Crippen molar-refractivity contribution in [1.29, 1.82) is 0 Å². The summed E-state index contributed by atoms with van der Waals surface area (Å²) in [5.74, 6) is 0.150. The highest BCUT2D eigenvalue weighted by Crippen LogP contribution is 2.30. The lowest BCUT2D eigenvalue weighted by Crippen LogP contribution is -2.10. The van der Waals surface area contributed by atoms with Crippen LogP contribution in [0.5, 0.6) is 5.75 Å². The third kappa shape index (κ3) is 3.12. The number of hydrogen-bond donors (Lipinski definition) is 0. The van der Waals surface area contributed by atoms with Crippen LogP contribution in [-0.2, 0) is 0 Å². The molecule has 0 saturated carbocycles. The zero-order valence-electron chi connectivity index (χ0n) is 14.8. The summed E-state index contributed by atoms with van der Waals surface area (Å²) in [6.45, 7) is 0. The van der Waals surface area contributed by atoms with Crippen LogP contribution in [0.3, 0.4) is 0 Å². The van der Waals surface area contributed by atoms with Gasteiger partial charge in [0.15, 0.2) is 0 Å². The molecule has 0 atom stereocenters. The van der Waals surface area contributed by atoms with Crippen LogP contribution >= 0.6 is 17.0 Å². The van der Waals surface area contributed by atoms with E-state index < -0.39 is 0 Å². The van der Waals surface area contributed by atoms with E-state index in [0.717, 1.165) is 32.6 Å². The molecule has 3 nitrogen and oxygen atoms in total. The lowest BCUT2D eigenvalue weighted by Gasteiger charge is -2.11. The minimum absolute atomic E-state index is 0. The molecule has 1 aromatic heterocycles. The van der Waals surface area contributed by atoms with E-state index in [0.29, 0.717) is 11.3 Å². The molecule has 0 spiro atoms. The molecule has 0 fully saturated rings. The smallest absolute Gasteiger partial charge is 0.344 e. The first-order valence-electron chi connectivity index (χ1n) is 8.78. The molecule has 5 rings (SSSR count). The van der Waals surface area contributed by atoms with Crippen LogP contribution in [0.1, 0.15) is 10.4 Å². The molecule has 136 valence electrons. The number of rotatable bonds is 2. The van der Waals surface area contributed by atoms with Crippen molar-refractivity contribution < 1.29 is 9.53 Å². The van der Waals surface area contributed by atoms with Crippen molar-refractivity contribution in [3.8, 4) is 5.75 Å². The Balaban J connectivity index is 0.00000192. The molecule has 0 radical (unpaired) electrons. The first-order valence-corrected chi connectivity index (χ1v) is 8.78. The molecule has 4 aromatic carbocycles. The molecule has 0 saturated heterocycles. The Bertz CT molecular complexity index is 1310. The summed E-state index contributed by atoms with van der Waals surface area (Å²) in [6.07, 6.45) is 0. The minimum atomic E-state index is -0.375. The second-order valence-electron chi connectivity index (χ2n) is 6.42. The molecular formula is C24H16BrNO2. The number of carbonyl (C=O) groups is 1. The van der Waals surface area contributed by atoms with E-state index in [9.17, 15) is 4.79 Å². The molecule has 0 aliphatic carbocycles. The largest absolute Gasteiger partial charge is 0.423 e. The van der Waals surface area contributed by atoms with E-state index in [-0.39, 0.29) is 23.0 Å². The maximum atomic E-state index is 13.1. The van der Waals surface area contributed by atoms with Gasteiger partial charge in [0.25, 0.3) is 0 Å². The number of ether oxygens (including phenoxy) is 1. The second-order valence-corrected chi connectivity index (χ2v) is 6.42. The summed E-state index contributed by atoms with van der Waals surface area (Å²) >= 11 is 0. The maximum Gasteiger partial charge on any atom is 0.344 e. The zero-order chi connectivity index (χ0) is 18.2. The molecule has 0 amide bonds. The number of halogens is 1. The van der Waals surface area contributed by atoms with Gasteiger partial charge in [-0.1, -0.05) is 60.7 Å². The Labute approximate surface area is 172 Å². The quantitative estimate of drug-likeness (QED) is 0.186. The average molecular weight is 430 g/mol. The topological polar surface area (TPSA) is 39.2 Å². The van der Waals surface area contributed by atoms with Crippen LogP contribution in [-0.4, -0.2) is 11.0 Å². The van der Waals surface area contributed by atoms with Crippen molar-refractivity contribution in [2.75, 3.05) is 0 Å². The van der Waals surface area contributed by atoms with Gasteiger partial charge in [-0.15, -0.1) is 17.0 Å². The standard InChI is InChI=1S/C24H15NO2.BrH/c26-24(27-18-10-2-1-3-11-18)23-19-12-6-7-13-21(19)25-22-15-17-9-5-4-8-16(17)14-20(22)23;/h1-15H;1H. The number of nitrogens with zero attached hydrogens (tertiary/aromatic N) is 1. The highest BCUT2D eigenvalue weighted by molar-refractivity contribution is 8.93. The summed E-state index contributed by atoms with van der Waals surface area (Å²) in [5, 5.41) is 3.75. The Morgan fingerprint density at radius 3 is 2.11 bits per heavy atom. The number of aromatic nitrogens is 1. The van der Waals surface area contributed by atoms with Crippen LogP contribution in [0.2, 0.25) is 0 Å². The molecule has 0 aliphatic heterocycles. The van der Waals surface area contributed by atoms with Gasteiger partial charge in [0.05, 0.1) is 16.6 Å². The van der Waals surface area contributed by atoms with Crippen LogP contribution in [0.15, 0.2) is 91.0 Å². The number of pyridine rings is 1. The van der Waals surface area contributed by atoms with Gasteiger partial charge in [0.1, 0.15) is 5.75 Å². The number of hydrogen-bond acceptors (Lipinski definition) is 3. The predicted molar refractivity (Wildman–Crippen MR) is 118 cm³/mol. The molecule has 0 N–H and O–H groups in total. The highest BCUT2D eigenvalue weighted by Gasteiger charge is 2.18. The van der Waals surface area contributed by atoms with E-state index in [1.807, 2.05) is 78.9 Å². The summed E-state index contributed by atoms with van der Waals surface area (Å²) in [6, 6.07) is 28.9. The SMILES string of the molecule is Br.O=C(Oc1ccccc1)c1c2ccccc2nc2cc3ccccc3cc12. The fraction of sp³-hybridized carbons (Fsp3) is 0. The lowest BCUT2D eigenvalue weighted by atomic mass is 9.99. The van der Waals surface area contributed by atoms with Crippen molar-refractivity contribution in [3.05, 3.63) is 96.6 Å². The Kier molecular flexibility index (Phi) is 4.80. The van der Waals surface area contributed by atoms with E-state index in [1.165, 1.54) is 0 Å². The molecule has 5 aromatic rings. The van der Waals surface area contributed by atoms with Crippen molar-refractivity contribution in [3.63, 3.8) is 0 Å². The Morgan fingerprint density at radius 2 is 1.32 bits per heavy atom. The molecule has 0 unspecified atom stereocenters. The van der Waals surface area contributed by atoms with E-state index >= 15 is 0 Å². The van der Waals surface area contributed by atoms with Crippen molar-refractivity contribution in [2.45, 2.75) is 0 Å². The van der Waals surface area contributed by atoms with Gasteiger partial charge < -0.3 is 4.74 Å². The van der Waals surface area contributed by atoms with Crippen LogP contribution < -0.4 is 4.74 Å². The summed E-state index contributed by atoms with van der Waals surface area (Å²) in [5.41, 5.74) is 2.11. The van der Waals surface area contributed by atoms with Gasteiger partial charge in [-0.05, 0) is 41.1 Å². The van der Waals surface area contributed by atoms with Gasteiger partial charge in [0, 0.05) is 10.8 Å². The molecule has 0 bridgehead atoms. The number of para-hydroxylation sites is 2. The monoisotopic (exact) mass is 429 g/mol. The number of carbonyl (C=O) groups excluding carboxylic acids is 1. The molecule has 0 aliphatic rings. The van der Waals surface area contributed by atoms with Gasteiger partial charge in [0.2, 0.25) is 0 Å². The van der Waals surface area contributed by atoms with Gasteiger partial charge in [-0.3, -0.25) is 0 Å². The lowest BCUT2D eigenvalue weighted by molar-refractivity contribution is 0.0739. The fourth-order valence-electron chi connectivity index (χ4n) is 3.44. The van der Waals surface area contributed by atoms with Gasteiger partial charge in [-0.25, -0.2) is 9.78 Å². The fourth-order valence-corrected chi connectivity index (χ4v) is 3.44. The average Bonchev–Trinajstić information content (AvgIpc) is 2.71. The van der Waals surface area contributed by atoms with Crippen LogP contribution in [0.4, 0.5) is 0 Å². The van der Waals surface area contributed by atoms with Gasteiger partial charge >= 0.3 is 5.97 Å². The van der Waals surface area contributed by atoms with Crippen LogP contribution in [0.25, 0.3) is 32.6 Å². The molecular weight excluding hydrogens is 414 g/mol. The van der Waals surface area contributed by atoms with E-state index in [1.54, 1.807) is 12.1 Å². The number of benzene rings is 4. The highest BCUT2D eigenvalue weighted by atomic mass is 79.9. The van der Waals surface area contributed by atoms with E-state index in [4.69, 9.17) is 9.72 Å². The number of esters is 1. The van der Waals surface area contributed by atoms with E-state index in [2.05, 4.69) is 0 Å².